The Balaban J connectivity index is 0.000000183. The molecule has 19 heteroatoms. The Morgan fingerprint density at radius 2 is 1.00 bits per heavy atom. The first-order chi connectivity index (χ1) is 42.9. The summed E-state index contributed by atoms with van der Waals surface area (Å²) in [6.07, 6.45) is 3.09. The molecule has 3 heterocycles. The van der Waals surface area contributed by atoms with Crippen LogP contribution in [0.4, 0.5) is 8.78 Å². The number of ether oxygens (including phenoxy) is 6. The van der Waals surface area contributed by atoms with Crippen LogP contribution in [0.3, 0.4) is 0 Å². The number of hydrogen-bond donors (Lipinski definition) is 1. The highest BCUT2D eigenvalue weighted by molar-refractivity contribution is 7.97. The van der Waals surface area contributed by atoms with Crippen LogP contribution in [0.5, 0.6) is 5.75 Å². The summed E-state index contributed by atoms with van der Waals surface area (Å²) in [6.45, 7) is 26.7. The molecule has 92 heavy (non-hydrogen) atoms. The van der Waals surface area contributed by atoms with Gasteiger partial charge in [0.25, 0.3) is 0 Å². The van der Waals surface area contributed by atoms with Crippen LogP contribution in [0.1, 0.15) is 158 Å². The molecule has 0 spiro atoms. The van der Waals surface area contributed by atoms with Gasteiger partial charge in [0, 0.05) is 18.8 Å². The van der Waals surface area contributed by atoms with Crippen LogP contribution in [0.25, 0.3) is 0 Å². The van der Waals surface area contributed by atoms with Gasteiger partial charge >= 0.3 is 35.1 Å². The molecule has 7 unspecified atom stereocenters. The SMILES string of the molecule is CCC(C)(C)C(=O)OC(C)(C)C1Cc2ccccc2C1.CCC(C)(C)C(=O)OC(C)C(F)(F)S(=O)(=O)[O-].CCC(C)(C)C(=O)OC1C2CC3C(=O)OC1C3O2.CCC(C)(C)C(=O)OC1Cc2ccc(O)cc2C1.c1ccc([S+](c2ccccc2)c2ccccc2)cc1. The molecule has 10 rings (SSSR count). The molecule has 0 aromatic heterocycles. The second kappa shape index (κ2) is 30.6. The zero-order valence-corrected chi connectivity index (χ0v) is 57.6. The maximum absolute atomic E-state index is 13.0. The van der Waals surface area contributed by atoms with E-state index in [0.717, 1.165) is 37.7 Å². The molecule has 2 bridgehead atoms. The van der Waals surface area contributed by atoms with Gasteiger partial charge in [0.2, 0.25) is 0 Å². The van der Waals surface area contributed by atoms with E-state index in [0.29, 0.717) is 38.5 Å². The number of fused-ring (bicyclic) bond motifs is 3. The van der Waals surface area contributed by atoms with E-state index in [1.165, 1.54) is 45.2 Å². The Morgan fingerprint density at radius 3 is 1.46 bits per heavy atom. The first kappa shape index (κ1) is 74.4. The summed E-state index contributed by atoms with van der Waals surface area (Å²) in [4.78, 5) is 63.4. The average Bonchev–Trinajstić information content (AvgIpc) is 1.57. The number of phenolic OH excluding ortho intramolecular Hbond substituents is 1. The lowest BCUT2D eigenvalue weighted by molar-refractivity contribution is -0.172. The molecule has 5 aromatic rings. The maximum Gasteiger partial charge on any atom is 0.369 e. The average molecular weight is 1310 g/mol. The standard InChI is InChI=1S/C18H26O2.C18H15S.C15H20O3.C13H18O5.C9H16F2O5S/c1-6-17(2,3)16(19)20-18(4,5)15-11-13-9-7-8-10-14(13)12-15;1-4-10-16(11-5-1)19(17-12-6-2-7-13-17)18-14-8-3-9-15-18;1-4-15(2,3)14(17)18-13-8-10-5-6-12(16)7-11(10)9-13;1-4-13(2,3)12(15)18-9-7-5-6-8(16-7)10(9)17-11(6)14;1-5-8(3,4)7(12)16-6(2)9(10,11)17(13,14)15/h7-10,15H,6,11-12H2,1-5H3;1-15H;5-7,13,16H,4,8-9H2,1-3H3;6-10H,4-5H2,1-3H3;6H,5H2,1-4H3,(H,13,14,15)/q;+1;;;/p-1. The summed E-state index contributed by atoms with van der Waals surface area (Å²) in [5.41, 5.74) is 2.29. The summed E-state index contributed by atoms with van der Waals surface area (Å²) in [5.74, 6) is -1.14. The van der Waals surface area contributed by atoms with E-state index in [9.17, 15) is 50.8 Å². The molecule has 502 valence electrons. The van der Waals surface area contributed by atoms with Crippen LogP contribution in [-0.2, 0) is 99.1 Å². The van der Waals surface area contributed by atoms with Crippen molar-refractivity contribution in [2.45, 2.75) is 224 Å². The predicted octanol–water partition coefficient (Wildman–Crippen LogP) is 14.3. The molecule has 5 aromatic carbocycles. The van der Waals surface area contributed by atoms with Crippen molar-refractivity contribution in [1.82, 2.24) is 0 Å². The van der Waals surface area contributed by atoms with E-state index in [1.54, 1.807) is 19.1 Å². The van der Waals surface area contributed by atoms with E-state index in [-0.39, 0.29) is 64.8 Å². The number of carbonyl (C=O) groups excluding carboxylic acids is 5. The fraction of sp³-hybridized carbons (Fsp3) is 0.521. The molecule has 5 aliphatic rings. The molecule has 3 fully saturated rings. The molecule has 0 radical (unpaired) electrons. The predicted molar refractivity (Wildman–Crippen MR) is 347 cm³/mol. The van der Waals surface area contributed by atoms with Crippen molar-refractivity contribution >= 4 is 50.9 Å². The topological polar surface area (TPSA) is 218 Å². The van der Waals surface area contributed by atoms with Crippen molar-refractivity contribution in [3.63, 3.8) is 0 Å². The number of halogens is 2. The van der Waals surface area contributed by atoms with Crippen LogP contribution in [-0.4, -0.2) is 95.4 Å². The number of hydrogen-bond acceptors (Lipinski definition) is 15. The van der Waals surface area contributed by atoms with Gasteiger partial charge in [0.05, 0.1) is 44.6 Å². The van der Waals surface area contributed by atoms with Gasteiger partial charge < -0.3 is 38.1 Å². The highest BCUT2D eigenvalue weighted by Gasteiger charge is 2.65. The largest absolute Gasteiger partial charge is 0.743 e. The van der Waals surface area contributed by atoms with Gasteiger partial charge in [-0.3, -0.25) is 24.0 Å². The van der Waals surface area contributed by atoms with Gasteiger partial charge in [-0.15, -0.1) is 0 Å². The zero-order chi connectivity index (χ0) is 68.4. The lowest BCUT2D eigenvalue weighted by Gasteiger charge is -2.34. The number of carbonyl (C=O) groups is 5. The molecule has 7 atom stereocenters. The summed E-state index contributed by atoms with van der Waals surface area (Å²) in [6, 6.07) is 46.0. The number of phenols is 1. The Bertz CT molecular complexity index is 3310. The van der Waals surface area contributed by atoms with Crippen molar-refractivity contribution in [1.29, 1.82) is 0 Å². The van der Waals surface area contributed by atoms with Gasteiger partial charge in [-0.25, -0.2) is 8.42 Å². The second-order valence-electron chi connectivity index (χ2n) is 27.3. The molecule has 15 nitrogen and oxygen atoms in total. The highest BCUT2D eigenvalue weighted by atomic mass is 32.2. The fourth-order valence-electron chi connectivity index (χ4n) is 10.4. The molecular formula is C73H94F2O15S2. The van der Waals surface area contributed by atoms with Gasteiger partial charge in [-0.05, 0) is 192 Å². The van der Waals surface area contributed by atoms with E-state index >= 15 is 0 Å². The van der Waals surface area contributed by atoms with E-state index < -0.39 is 66.9 Å². The van der Waals surface area contributed by atoms with Gasteiger partial charge in [0.15, 0.2) is 43.1 Å². The number of esters is 5. The van der Waals surface area contributed by atoms with Crippen LogP contribution in [0.15, 0.2) is 148 Å². The Labute approximate surface area is 546 Å². The van der Waals surface area contributed by atoms with Crippen molar-refractivity contribution in [3.8, 4) is 5.75 Å². The summed E-state index contributed by atoms with van der Waals surface area (Å²) >= 11 is 0. The number of rotatable bonds is 18. The third-order valence-electron chi connectivity index (χ3n) is 18.5. The summed E-state index contributed by atoms with van der Waals surface area (Å²) < 4.78 is 89.1. The first-order valence-corrected chi connectivity index (χ1v) is 34.4. The highest BCUT2D eigenvalue weighted by Crippen LogP contribution is 2.48. The zero-order valence-electron chi connectivity index (χ0n) is 55.9. The molecule has 0 saturated carbocycles. The molecule has 1 N–H and O–H groups in total. The number of aromatic hydroxyl groups is 1. The molecule has 2 aliphatic carbocycles. The van der Waals surface area contributed by atoms with E-state index in [1.807, 2.05) is 82.2 Å². The van der Waals surface area contributed by atoms with Gasteiger partial charge in [-0.2, -0.15) is 8.78 Å². The van der Waals surface area contributed by atoms with Crippen molar-refractivity contribution in [2.75, 3.05) is 0 Å². The molecule has 3 aliphatic heterocycles. The quantitative estimate of drug-likeness (QED) is 0.0373. The summed E-state index contributed by atoms with van der Waals surface area (Å²) in [5, 5.41) is 4.79. The van der Waals surface area contributed by atoms with Crippen molar-refractivity contribution < 1.29 is 79.3 Å². The van der Waals surface area contributed by atoms with Crippen molar-refractivity contribution in [3.05, 3.63) is 156 Å². The monoisotopic (exact) mass is 1310 g/mol. The van der Waals surface area contributed by atoms with Crippen LogP contribution in [0.2, 0.25) is 0 Å². The van der Waals surface area contributed by atoms with Crippen LogP contribution in [0, 0.1) is 33.5 Å². The maximum atomic E-state index is 13.0. The van der Waals surface area contributed by atoms with Crippen molar-refractivity contribution in [2.24, 2.45) is 33.5 Å². The van der Waals surface area contributed by atoms with E-state index in [4.69, 9.17) is 23.7 Å². The normalized spacial score (nSPS) is 20.2. The third-order valence-corrected chi connectivity index (χ3v) is 21.8. The van der Waals surface area contributed by atoms with Crippen LogP contribution < -0.4 is 0 Å². The third kappa shape index (κ3) is 18.4. The molecule has 3 saturated heterocycles. The Kier molecular flexibility index (Phi) is 24.7. The van der Waals surface area contributed by atoms with E-state index in [2.05, 4.69) is 120 Å². The number of alkyl halides is 2. The minimum atomic E-state index is -5.86. The van der Waals surface area contributed by atoms with Gasteiger partial charge in [-0.1, -0.05) is 113 Å². The first-order valence-electron chi connectivity index (χ1n) is 31.8. The molecular weight excluding hydrogens is 1220 g/mol. The fourth-order valence-corrected chi connectivity index (χ4v) is 12.9. The minimum Gasteiger partial charge on any atom is -0.743 e. The Hall–Kier alpha value is -6.67. The number of benzene rings is 5. The lowest BCUT2D eigenvalue weighted by atomic mass is 9.86. The molecule has 0 amide bonds. The Morgan fingerprint density at radius 1 is 0.587 bits per heavy atom. The van der Waals surface area contributed by atoms with Gasteiger partial charge in [0.1, 0.15) is 23.6 Å². The smallest absolute Gasteiger partial charge is 0.369 e. The second-order valence-corrected chi connectivity index (χ2v) is 30.7. The lowest BCUT2D eigenvalue weighted by Crippen LogP contribution is -2.44. The summed E-state index contributed by atoms with van der Waals surface area (Å²) in [7, 11) is -5.87. The van der Waals surface area contributed by atoms with Crippen LogP contribution >= 0.6 is 0 Å². The minimum absolute atomic E-state index is 0.0146.